The van der Waals surface area contributed by atoms with Crippen LogP contribution in [-0.2, 0) is 14.3 Å². The molecule has 0 aliphatic rings. The lowest BCUT2D eigenvalue weighted by atomic mass is 10.2. The zero-order valence-corrected chi connectivity index (χ0v) is 9.19. The van der Waals surface area contributed by atoms with Crippen LogP contribution in [0.1, 0.15) is 0 Å². The topological polar surface area (TPSA) is 63.6 Å². The van der Waals surface area contributed by atoms with Crippen LogP contribution >= 0.6 is 0 Å². The molecule has 1 unspecified atom stereocenters. The molecule has 0 heterocycles. The predicted molar refractivity (Wildman–Crippen MR) is 51.4 cm³/mol. The lowest BCUT2D eigenvalue weighted by molar-refractivity contribution is -0.141. The molecule has 0 saturated carbocycles. The summed E-state index contributed by atoms with van der Waals surface area (Å²) in [6.07, 6.45) is 0. The number of rotatable bonds is 4. The van der Waals surface area contributed by atoms with Crippen molar-refractivity contribution in [1.29, 1.82) is 0 Å². The molecule has 13 heavy (non-hydrogen) atoms. The van der Waals surface area contributed by atoms with Crippen molar-refractivity contribution in [3.05, 3.63) is 12.2 Å². The smallest absolute Gasteiger partial charge is 0.333 e. The Balaban J connectivity index is 4.66. The van der Waals surface area contributed by atoms with Gasteiger partial charge in [0.15, 0.2) is 0 Å². The molecule has 0 aliphatic carbocycles. The van der Waals surface area contributed by atoms with Gasteiger partial charge >= 0.3 is 11.9 Å². The van der Waals surface area contributed by atoms with Crippen LogP contribution in [0.25, 0.3) is 0 Å². The Morgan fingerprint density at radius 1 is 1.46 bits per heavy atom. The van der Waals surface area contributed by atoms with Crippen molar-refractivity contribution in [3.63, 3.8) is 0 Å². The third kappa shape index (κ3) is 3.02. The SMILES string of the molecule is C=C(C(=O)OC)C(C(=O)O)[SiH](C)C. The van der Waals surface area contributed by atoms with E-state index in [1.54, 1.807) is 0 Å². The first-order valence-electron chi connectivity index (χ1n) is 3.91. The minimum Gasteiger partial charge on any atom is -0.481 e. The first-order valence-corrected chi connectivity index (χ1v) is 6.89. The molecular formula is C8H14O4Si. The Labute approximate surface area is 78.8 Å². The van der Waals surface area contributed by atoms with Crippen molar-refractivity contribution in [1.82, 2.24) is 0 Å². The molecule has 0 rings (SSSR count). The Hall–Kier alpha value is -1.10. The van der Waals surface area contributed by atoms with E-state index in [4.69, 9.17) is 5.11 Å². The van der Waals surface area contributed by atoms with Crippen LogP contribution in [-0.4, -0.2) is 33.0 Å². The first kappa shape index (κ1) is 11.9. The monoisotopic (exact) mass is 202 g/mol. The minimum absolute atomic E-state index is 0.0525. The zero-order valence-electron chi connectivity index (χ0n) is 8.03. The number of esters is 1. The number of hydrogen-bond acceptors (Lipinski definition) is 3. The maximum Gasteiger partial charge on any atom is 0.333 e. The largest absolute Gasteiger partial charge is 0.481 e. The van der Waals surface area contributed by atoms with Gasteiger partial charge in [0.2, 0.25) is 0 Å². The van der Waals surface area contributed by atoms with Crippen molar-refractivity contribution < 1.29 is 19.4 Å². The molecule has 0 amide bonds. The average molecular weight is 202 g/mol. The molecule has 0 saturated heterocycles. The normalized spacial score (nSPS) is 12.3. The highest BCUT2D eigenvalue weighted by Crippen LogP contribution is 2.21. The number of ether oxygens (including phenoxy) is 1. The fraction of sp³-hybridized carbons (Fsp3) is 0.500. The summed E-state index contributed by atoms with van der Waals surface area (Å²) in [5.74, 6) is -1.62. The van der Waals surface area contributed by atoms with Gasteiger partial charge in [-0.3, -0.25) is 4.79 Å². The summed E-state index contributed by atoms with van der Waals surface area (Å²) >= 11 is 0. The van der Waals surface area contributed by atoms with E-state index in [1.807, 2.05) is 13.1 Å². The Bertz CT molecular complexity index is 234. The van der Waals surface area contributed by atoms with Crippen molar-refractivity contribution in [2.24, 2.45) is 0 Å². The van der Waals surface area contributed by atoms with Crippen molar-refractivity contribution >= 4 is 20.7 Å². The molecule has 0 aromatic carbocycles. The number of aliphatic carboxylic acids is 1. The van der Waals surface area contributed by atoms with E-state index >= 15 is 0 Å². The summed E-state index contributed by atoms with van der Waals surface area (Å²) in [6, 6.07) is 0. The summed E-state index contributed by atoms with van der Waals surface area (Å²) in [7, 11) is -0.255. The van der Waals surface area contributed by atoms with Gasteiger partial charge in [-0.2, -0.15) is 0 Å². The highest BCUT2D eigenvalue weighted by atomic mass is 28.3. The molecule has 5 heteroatoms. The predicted octanol–water partition coefficient (Wildman–Crippen LogP) is 0.657. The van der Waals surface area contributed by atoms with Gasteiger partial charge in [0.05, 0.1) is 21.4 Å². The molecule has 1 atom stereocenters. The number of hydrogen-bond donors (Lipinski definition) is 1. The molecule has 0 radical (unpaired) electrons. The van der Waals surface area contributed by atoms with Crippen molar-refractivity contribution in [2.45, 2.75) is 18.6 Å². The van der Waals surface area contributed by atoms with Gasteiger partial charge in [-0.25, -0.2) is 4.79 Å². The van der Waals surface area contributed by atoms with Crippen LogP contribution in [0, 0.1) is 0 Å². The van der Waals surface area contributed by atoms with Crippen LogP contribution in [0.15, 0.2) is 12.2 Å². The van der Waals surface area contributed by atoms with Gasteiger partial charge in [0.25, 0.3) is 0 Å². The quantitative estimate of drug-likeness (QED) is 0.413. The fourth-order valence-corrected chi connectivity index (χ4v) is 2.61. The molecule has 0 spiro atoms. The lowest BCUT2D eigenvalue weighted by Gasteiger charge is -2.15. The van der Waals surface area contributed by atoms with Crippen molar-refractivity contribution in [2.75, 3.05) is 7.11 Å². The highest BCUT2D eigenvalue weighted by Gasteiger charge is 2.29. The van der Waals surface area contributed by atoms with E-state index in [-0.39, 0.29) is 5.57 Å². The number of carbonyl (C=O) groups is 2. The Morgan fingerprint density at radius 3 is 2.15 bits per heavy atom. The van der Waals surface area contributed by atoms with Gasteiger partial charge < -0.3 is 9.84 Å². The molecule has 0 bridgehead atoms. The molecule has 1 N–H and O–H groups in total. The van der Waals surface area contributed by atoms with Gasteiger partial charge in [-0.05, 0) is 0 Å². The van der Waals surface area contributed by atoms with Gasteiger partial charge in [0.1, 0.15) is 0 Å². The van der Waals surface area contributed by atoms with Crippen LogP contribution < -0.4 is 0 Å². The highest BCUT2D eigenvalue weighted by molar-refractivity contribution is 6.63. The maximum absolute atomic E-state index is 11.0. The standard InChI is InChI=1S/C8H14O4Si/c1-5(8(11)12-2)6(7(9)10)13(3)4/h6,13H,1H2,2-4H3,(H,9,10). The van der Waals surface area contributed by atoms with E-state index in [1.165, 1.54) is 7.11 Å². The minimum atomic E-state index is -1.47. The molecule has 0 aromatic rings. The second-order valence-electron chi connectivity index (χ2n) is 3.08. The number of carboxylic acid groups (broad SMARTS) is 1. The summed E-state index contributed by atoms with van der Waals surface area (Å²) in [4.78, 5) is 21.8. The lowest BCUT2D eigenvalue weighted by Crippen LogP contribution is -2.26. The average Bonchev–Trinajstić information content (AvgIpc) is 2.01. The first-order chi connectivity index (χ1) is 5.91. The summed E-state index contributed by atoms with van der Waals surface area (Å²) in [5, 5.41) is 8.82. The molecule has 0 fully saturated rings. The van der Waals surface area contributed by atoms with E-state index in [2.05, 4.69) is 11.3 Å². The third-order valence-corrected chi connectivity index (χ3v) is 3.78. The van der Waals surface area contributed by atoms with Crippen LogP contribution in [0.5, 0.6) is 0 Å². The van der Waals surface area contributed by atoms with E-state index in [9.17, 15) is 9.59 Å². The molecule has 0 aliphatic heterocycles. The number of carboxylic acids is 1. The molecule has 4 nitrogen and oxygen atoms in total. The van der Waals surface area contributed by atoms with Gasteiger partial charge in [-0.15, -0.1) is 0 Å². The van der Waals surface area contributed by atoms with E-state index in [0.717, 1.165) is 0 Å². The van der Waals surface area contributed by atoms with Crippen LogP contribution in [0.3, 0.4) is 0 Å². The molecular weight excluding hydrogens is 188 g/mol. The third-order valence-electron chi connectivity index (χ3n) is 1.76. The van der Waals surface area contributed by atoms with E-state index in [0.29, 0.717) is 0 Å². The molecule has 0 aromatic heterocycles. The number of carbonyl (C=O) groups excluding carboxylic acids is 1. The summed E-state index contributed by atoms with van der Waals surface area (Å²) in [6.45, 7) is 7.16. The summed E-state index contributed by atoms with van der Waals surface area (Å²) < 4.78 is 4.41. The summed E-state index contributed by atoms with van der Waals surface area (Å²) in [5.41, 5.74) is -0.677. The fourth-order valence-electron chi connectivity index (χ4n) is 1.09. The van der Waals surface area contributed by atoms with Crippen LogP contribution in [0.2, 0.25) is 18.6 Å². The zero-order chi connectivity index (χ0) is 10.6. The van der Waals surface area contributed by atoms with E-state index < -0.39 is 26.3 Å². The van der Waals surface area contributed by atoms with Crippen molar-refractivity contribution in [3.8, 4) is 0 Å². The van der Waals surface area contributed by atoms with Gasteiger partial charge in [-0.1, -0.05) is 19.7 Å². The number of methoxy groups -OCH3 is 1. The Kier molecular flexibility index (Phi) is 4.40. The Morgan fingerprint density at radius 2 is 1.92 bits per heavy atom. The maximum atomic E-state index is 11.0. The van der Waals surface area contributed by atoms with Crippen LogP contribution in [0.4, 0.5) is 0 Å². The second-order valence-corrected chi connectivity index (χ2v) is 6.23. The second kappa shape index (κ2) is 4.81. The molecule has 74 valence electrons. The van der Waals surface area contributed by atoms with Gasteiger partial charge in [0, 0.05) is 5.57 Å².